The minimum atomic E-state index is -0.220. The molecule has 0 spiro atoms. The first-order valence-corrected chi connectivity index (χ1v) is 9.42. The summed E-state index contributed by atoms with van der Waals surface area (Å²) in [4.78, 5) is 20.9. The van der Waals surface area contributed by atoms with E-state index in [-0.39, 0.29) is 11.3 Å². The number of hydrogen-bond acceptors (Lipinski definition) is 4. The van der Waals surface area contributed by atoms with Crippen LogP contribution in [0.5, 0.6) is 0 Å². The van der Waals surface area contributed by atoms with Crippen molar-refractivity contribution in [2.24, 2.45) is 0 Å². The molecule has 2 N–H and O–H groups in total. The fraction of sp³-hybridized carbons (Fsp3) is 0.476. The Labute approximate surface area is 155 Å². The third-order valence-corrected chi connectivity index (χ3v) is 4.87. The SMILES string of the molecule is CC(C)(C)c1ccc(NC(=O)c2cc(NC3CCCCC3)ncn2)cc1. The minimum Gasteiger partial charge on any atom is -0.367 e. The first kappa shape index (κ1) is 18.4. The monoisotopic (exact) mass is 352 g/mol. The van der Waals surface area contributed by atoms with E-state index in [0.717, 1.165) is 24.3 Å². The van der Waals surface area contributed by atoms with E-state index in [1.807, 2.05) is 24.3 Å². The van der Waals surface area contributed by atoms with Gasteiger partial charge in [0.1, 0.15) is 17.8 Å². The second-order valence-corrected chi connectivity index (χ2v) is 8.05. The maximum Gasteiger partial charge on any atom is 0.274 e. The lowest BCUT2D eigenvalue weighted by Gasteiger charge is -2.23. The van der Waals surface area contributed by atoms with Crippen molar-refractivity contribution >= 4 is 17.4 Å². The van der Waals surface area contributed by atoms with Crippen LogP contribution in [0.25, 0.3) is 0 Å². The molecule has 26 heavy (non-hydrogen) atoms. The standard InChI is InChI=1S/C21H28N4O/c1-21(2,3)15-9-11-17(12-10-15)25-20(26)18-13-19(23-14-22-18)24-16-7-5-4-6-8-16/h9-14,16H,4-8H2,1-3H3,(H,25,26)(H,22,23,24). The van der Waals surface area contributed by atoms with Gasteiger partial charge in [0, 0.05) is 17.8 Å². The summed E-state index contributed by atoms with van der Waals surface area (Å²) < 4.78 is 0. The molecule has 0 aliphatic heterocycles. The molecule has 1 aromatic carbocycles. The average Bonchev–Trinajstić information content (AvgIpc) is 2.62. The molecular formula is C21H28N4O. The molecule has 1 fully saturated rings. The third kappa shape index (κ3) is 4.81. The van der Waals surface area contributed by atoms with Crippen LogP contribution in [0.4, 0.5) is 11.5 Å². The molecule has 0 unspecified atom stereocenters. The van der Waals surface area contributed by atoms with Crippen molar-refractivity contribution in [2.75, 3.05) is 10.6 Å². The molecule has 1 aliphatic carbocycles. The summed E-state index contributed by atoms with van der Waals surface area (Å²) in [5, 5.41) is 6.34. The Hall–Kier alpha value is -2.43. The molecule has 1 saturated carbocycles. The number of rotatable bonds is 4. The van der Waals surface area contributed by atoms with Gasteiger partial charge in [-0.25, -0.2) is 9.97 Å². The lowest BCUT2D eigenvalue weighted by atomic mass is 9.87. The van der Waals surface area contributed by atoms with Crippen LogP contribution in [0.15, 0.2) is 36.7 Å². The number of carbonyl (C=O) groups excluding carboxylic acids is 1. The zero-order valence-electron chi connectivity index (χ0n) is 15.9. The zero-order chi connectivity index (χ0) is 18.6. The first-order chi connectivity index (χ1) is 12.4. The van der Waals surface area contributed by atoms with Crippen LogP contribution in [0.2, 0.25) is 0 Å². The Morgan fingerprint density at radius 2 is 1.73 bits per heavy atom. The van der Waals surface area contributed by atoms with Gasteiger partial charge in [-0.2, -0.15) is 0 Å². The lowest BCUT2D eigenvalue weighted by Crippen LogP contribution is -2.23. The number of aromatic nitrogens is 2. The molecule has 1 aliphatic rings. The third-order valence-electron chi connectivity index (χ3n) is 4.87. The molecule has 1 heterocycles. The van der Waals surface area contributed by atoms with Gasteiger partial charge in [0.05, 0.1) is 0 Å². The summed E-state index contributed by atoms with van der Waals surface area (Å²) in [6.07, 6.45) is 7.57. The Balaban J connectivity index is 1.65. The van der Waals surface area contributed by atoms with Crippen LogP contribution in [0.3, 0.4) is 0 Å². The van der Waals surface area contributed by atoms with Gasteiger partial charge in [-0.05, 0) is 36.0 Å². The van der Waals surface area contributed by atoms with Crippen LogP contribution >= 0.6 is 0 Å². The summed E-state index contributed by atoms with van der Waals surface area (Å²) >= 11 is 0. The number of anilines is 2. The molecule has 138 valence electrons. The van der Waals surface area contributed by atoms with E-state index in [0.29, 0.717) is 11.7 Å². The predicted octanol–water partition coefficient (Wildman–Crippen LogP) is 4.77. The Kier molecular flexibility index (Phi) is 5.55. The highest BCUT2D eigenvalue weighted by Gasteiger charge is 2.16. The lowest BCUT2D eigenvalue weighted by molar-refractivity contribution is 0.102. The largest absolute Gasteiger partial charge is 0.367 e. The van der Waals surface area contributed by atoms with Crippen molar-refractivity contribution in [2.45, 2.75) is 64.3 Å². The van der Waals surface area contributed by atoms with Gasteiger partial charge in [0.2, 0.25) is 0 Å². The number of carbonyl (C=O) groups is 1. The number of nitrogens with one attached hydrogen (secondary N) is 2. The van der Waals surface area contributed by atoms with Crippen molar-refractivity contribution in [3.8, 4) is 0 Å². The van der Waals surface area contributed by atoms with Gasteiger partial charge in [-0.3, -0.25) is 4.79 Å². The summed E-state index contributed by atoms with van der Waals surface area (Å²) in [5.74, 6) is 0.503. The molecule has 1 amide bonds. The van der Waals surface area contributed by atoms with Crippen LogP contribution in [-0.4, -0.2) is 21.9 Å². The van der Waals surface area contributed by atoms with Gasteiger partial charge >= 0.3 is 0 Å². The average molecular weight is 352 g/mol. The molecular weight excluding hydrogens is 324 g/mol. The fourth-order valence-electron chi connectivity index (χ4n) is 3.27. The van der Waals surface area contributed by atoms with Crippen LogP contribution < -0.4 is 10.6 Å². The van der Waals surface area contributed by atoms with Gasteiger partial charge in [-0.15, -0.1) is 0 Å². The van der Waals surface area contributed by atoms with Crippen LogP contribution in [-0.2, 0) is 5.41 Å². The van der Waals surface area contributed by atoms with E-state index in [1.54, 1.807) is 6.07 Å². The highest BCUT2D eigenvalue weighted by Crippen LogP contribution is 2.24. The fourth-order valence-corrected chi connectivity index (χ4v) is 3.27. The van der Waals surface area contributed by atoms with E-state index >= 15 is 0 Å². The smallest absolute Gasteiger partial charge is 0.274 e. The Morgan fingerprint density at radius 1 is 1.04 bits per heavy atom. The van der Waals surface area contributed by atoms with E-state index in [1.165, 1.54) is 31.2 Å². The second-order valence-electron chi connectivity index (χ2n) is 8.05. The van der Waals surface area contributed by atoms with E-state index < -0.39 is 0 Å². The quantitative estimate of drug-likeness (QED) is 0.832. The molecule has 5 heteroatoms. The number of benzene rings is 1. The van der Waals surface area contributed by atoms with Crippen molar-refractivity contribution < 1.29 is 4.79 Å². The second kappa shape index (κ2) is 7.85. The molecule has 0 radical (unpaired) electrons. The number of hydrogen-bond donors (Lipinski definition) is 2. The molecule has 3 rings (SSSR count). The summed E-state index contributed by atoms with van der Waals surface area (Å²) in [6, 6.07) is 10.1. The maximum atomic E-state index is 12.5. The molecule has 2 aromatic rings. The van der Waals surface area contributed by atoms with Crippen molar-refractivity contribution in [3.63, 3.8) is 0 Å². The predicted molar refractivity (Wildman–Crippen MR) is 106 cm³/mol. The topological polar surface area (TPSA) is 66.9 Å². The van der Waals surface area contributed by atoms with Gasteiger partial charge in [0.25, 0.3) is 5.91 Å². The van der Waals surface area contributed by atoms with Crippen molar-refractivity contribution in [1.82, 2.24) is 9.97 Å². The molecule has 0 saturated heterocycles. The highest BCUT2D eigenvalue weighted by atomic mass is 16.1. The van der Waals surface area contributed by atoms with Crippen molar-refractivity contribution in [1.29, 1.82) is 0 Å². The van der Waals surface area contributed by atoms with Gasteiger partial charge < -0.3 is 10.6 Å². The Bertz CT molecular complexity index is 743. The van der Waals surface area contributed by atoms with Crippen LogP contribution in [0, 0.1) is 0 Å². The number of nitrogens with zero attached hydrogens (tertiary/aromatic N) is 2. The van der Waals surface area contributed by atoms with E-state index in [2.05, 4.69) is 41.4 Å². The number of amides is 1. The summed E-state index contributed by atoms with van der Waals surface area (Å²) in [6.45, 7) is 6.51. The normalized spacial score (nSPS) is 15.5. The maximum absolute atomic E-state index is 12.5. The summed E-state index contributed by atoms with van der Waals surface area (Å²) in [5.41, 5.74) is 2.47. The van der Waals surface area contributed by atoms with Gasteiger partial charge in [0.15, 0.2) is 0 Å². The molecule has 0 atom stereocenters. The van der Waals surface area contributed by atoms with Gasteiger partial charge in [-0.1, -0.05) is 52.2 Å². The van der Waals surface area contributed by atoms with E-state index in [9.17, 15) is 4.79 Å². The zero-order valence-corrected chi connectivity index (χ0v) is 15.9. The minimum absolute atomic E-state index is 0.0921. The molecule has 0 bridgehead atoms. The van der Waals surface area contributed by atoms with Crippen LogP contribution in [0.1, 0.15) is 68.9 Å². The van der Waals surface area contributed by atoms with E-state index in [4.69, 9.17) is 0 Å². The molecule has 5 nitrogen and oxygen atoms in total. The Morgan fingerprint density at radius 3 is 2.38 bits per heavy atom. The molecule has 1 aromatic heterocycles. The van der Waals surface area contributed by atoms with Crippen molar-refractivity contribution in [3.05, 3.63) is 47.9 Å². The summed E-state index contributed by atoms with van der Waals surface area (Å²) in [7, 11) is 0. The highest BCUT2D eigenvalue weighted by molar-refractivity contribution is 6.03. The first-order valence-electron chi connectivity index (χ1n) is 9.42.